The molecule has 0 fully saturated rings. The summed E-state index contributed by atoms with van der Waals surface area (Å²) in [5, 5.41) is 10.5. The first-order chi connectivity index (χ1) is 9.70. The van der Waals surface area contributed by atoms with Crippen molar-refractivity contribution in [1.29, 1.82) is 0 Å². The van der Waals surface area contributed by atoms with Crippen LogP contribution < -0.4 is 11.1 Å². The van der Waals surface area contributed by atoms with Gasteiger partial charge in [-0.3, -0.25) is 4.79 Å². The summed E-state index contributed by atoms with van der Waals surface area (Å²) in [5.74, 6) is 0.566. The number of amides is 1. The highest BCUT2D eigenvalue weighted by atomic mass is 16.5. The molecule has 1 aromatic carbocycles. The van der Waals surface area contributed by atoms with E-state index in [-0.39, 0.29) is 12.5 Å². The Balaban J connectivity index is 2.10. The number of anilines is 1. The van der Waals surface area contributed by atoms with Crippen LogP contribution in [0.5, 0.6) is 0 Å². The van der Waals surface area contributed by atoms with E-state index in [9.17, 15) is 4.79 Å². The van der Waals surface area contributed by atoms with Crippen molar-refractivity contribution in [1.82, 2.24) is 10.2 Å². The van der Waals surface area contributed by atoms with Gasteiger partial charge in [-0.2, -0.15) is 0 Å². The number of hydrogen-bond donors (Lipinski definition) is 2. The zero-order chi connectivity index (χ0) is 14.4. The van der Waals surface area contributed by atoms with E-state index in [1.807, 2.05) is 12.1 Å². The Labute approximate surface area is 116 Å². The largest absolute Gasteiger partial charge is 0.421 e. The molecule has 0 bridgehead atoms. The van der Waals surface area contributed by atoms with Gasteiger partial charge in [-0.05, 0) is 12.1 Å². The van der Waals surface area contributed by atoms with Crippen molar-refractivity contribution in [2.45, 2.75) is 6.92 Å². The molecule has 0 aliphatic carbocycles. The monoisotopic (exact) mass is 276 g/mol. The van der Waals surface area contributed by atoms with Gasteiger partial charge in [0.25, 0.3) is 0 Å². The second kappa shape index (κ2) is 6.78. The molecule has 1 aromatic heterocycles. The molecule has 0 aliphatic heterocycles. The molecule has 0 unspecified atom stereocenters. The first-order valence-electron chi connectivity index (χ1n) is 6.18. The number of ether oxygens (including phenoxy) is 1. The van der Waals surface area contributed by atoms with E-state index >= 15 is 0 Å². The lowest BCUT2D eigenvalue weighted by Crippen LogP contribution is -2.21. The molecule has 3 N–H and O–H groups in total. The molecule has 0 spiro atoms. The predicted octanol–water partition coefficient (Wildman–Crippen LogP) is 0.959. The van der Waals surface area contributed by atoms with Crippen LogP contribution in [0.4, 0.5) is 5.69 Å². The average molecular weight is 276 g/mol. The van der Waals surface area contributed by atoms with Gasteiger partial charge in [-0.25, -0.2) is 0 Å². The van der Waals surface area contributed by atoms with Gasteiger partial charge in [-0.1, -0.05) is 12.1 Å². The number of para-hydroxylation sites is 1. The third-order valence-electron chi connectivity index (χ3n) is 2.45. The van der Waals surface area contributed by atoms with Crippen molar-refractivity contribution in [2.24, 2.45) is 5.73 Å². The highest BCUT2D eigenvalue weighted by Gasteiger charge is 2.12. The fraction of sp³-hybridized carbons (Fsp3) is 0.308. The van der Waals surface area contributed by atoms with Crippen LogP contribution in [0.15, 0.2) is 28.7 Å². The molecule has 0 radical (unpaired) electrons. The minimum Gasteiger partial charge on any atom is -0.421 e. The van der Waals surface area contributed by atoms with Crippen LogP contribution in [-0.4, -0.2) is 35.9 Å². The van der Waals surface area contributed by atoms with Gasteiger partial charge in [0.15, 0.2) is 0 Å². The molecule has 2 aromatic rings. The first-order valence-corrected chi connectivity index (χ1v) is 6.18. The summed E-state index contributed by atoms with van der Waals surface area (Å²) in [6.07, 6.45) is 0. The van der Waals surface area contributed by atoms with Gasteiger partial charge >= 0.3 is 0 Å². The SMILES string of the molecule is Cc1nnc(-c2ccccc2NC(=O)COCCN)o1. The number of rotatable bonds is 6. The van der Waals surface area contributed by atoms with Crippen LogP contribution in [0.25, 0.3) is 11.5 Å². The van der Waals surface area contributed by atoms with Crippen LogP contribution in [0.3, 0.4) is 0 Å². The second-order valence-corrected chi connectivity index (χ2v) is 4.06. The lowest BCUT2D eigenvalue weighted by Gasteiger charge is -2.08. The number of carbonyl (C=O) groups excluding carboxylic acids is 1. The molecule has 0 saturated carbocycles. The Morgan fingerprint density at radius 1 is 1.40 bits per heavy atom. The minimum atomic E-state index is -0.262. The normalized spacial score (nSPS) is 10.5. The van der Waals surface area contributed by atoms with E-state index in [0.29, 0.717) is 36.2 Å². The fourth-order valence-corrected chi connectivity index (χ4v) is 1.62. The smallest absolute Gasteiger partial charge is 0.250 e. The van der Waals surface area contributed by atoms with Crippen LogP contribution in [0, 0.1) is 6.92 Å². The zero-order valence-corrected chi connectivity index (χ0v) is 11.1. The lowest BCUT2D eigenvalue weighted by molar-refractivity contribution is -0.120. The number of nitrogens with one attached hydrogen (secondary N) is 1. The molecule has 0 saturated heterocycles. The van der Waals surface area contributed by atoms with Crippen molar-refractivity contribution in [3.05, 3.63) is 30.2 Å². The zero-order valence-electron chi connectivity index (χ0n) is 11.1. The number of carbonyl (C=O) groups is 1. The Morgan fingerprint density at radius 2 is 2.20 bits per heavy atom. The maximum atomic E-state index is 11.7. The van der Waals surface area contributed by atoms with Crippen molar-refractivity contribution in [2.75, 3.05) is 25.1 Å². The molecule has 2 rings (SSSR count). The first kappa shape index (κ1) is 14.2. The van der Waals surface area contributed by atoms with Gasteiger partial charge < -0.3 is 20.2 Å². The Morgan fingerprint density at radius 3 is 2.90 bits per heavy atom. The number of aryl methyl sites for hydroxylation is 1. The summed E-state index contributed by atoms with van der Waals surface area (Å²) in [6.45, 7) is 2.38. The molecule has 7 nitrogen and oxygen atoms in total. The topological polar surface area (TPSA) is 103 Å². The lowest BCUT2D eigenvalue weighted by atomic mass is 10.2. The van der Waals surface area contributed by atoms with Gasteiger partial charge in [0.2, 0.25) is 17.7 Å². The molecule has 20 heavy (non-hydrogen) atoms. The van der Waals surface area contributed by atoms with Crippen LogP contribution in [-0.2, 0) is 9.53 Å². The maximum absolute atomic E-state index is 11.7. The number of hydrogen-bond acceptors (Lipinski definition) is 6. The Hall–Kier alpha value is -2.25. The summed E-state index contributed by atoms with van der Waals surface area (Å²) in [4.78, 5) is 11.7. The molecule has 1 amide bonds. The van der Waals surface area contributed by atoms with Gasteiger partial charge in [-0.15, -0.1) is 10.2 Å². The molecule has 7 heteroatoms. The standard InChI is InChI=1S/C13H16N4O3/c1-9-16-17-13(20-9)10-4-2-3-5-11(10)15-12(18)8-19-7-6-14/h2-5H,6-8,14H2,1H3,(H,15,18). The third kappa shape index (κ3) is 3.62. The third-order valence-corrected chi connectivity index (χ3v) is 2.45. The van der Waals surface area contributed by atoms with E-state index < -0.39 is 0 Å². The van der Waals surface area contributed by atoms with Crippen molar-refractivity contribution < 1.29 is 13.9 Å². The minimum absolute atomic E-state index is 0.0472. The summed E-state index contributed by atoms with van der Waals surface area (Å²) in [6, 6.07) is 7.19. The van der Waals surface area contributed by atoms with E-state index in [2.05, 4.69) is 15.5 Å². The molecule has 0 atom stereocenters. The number of nitrogens with zero attached hydrogens (tertiary/aromatic N) is 2. The van der Waals surface area contributed by atoms with E-state index in [0.717, 1.165) is 0 Å². The van der Waals surface area contributed by atoms with E-state index in [4.69, 9.17) is 14.9 Å². The van der Waals surface area contributed by atoms with Crippen molar-refractivity contribution >= 4 is 11.6 Å². The van der Waals surface area contributed by atoms with Gasteiger partial charge in [0, 0.05) is 13.5 Å². The Kier molecular flexibility index (Phi) is 4.80. The van der Waals surface area contributed by atoms with Crippen LogP contribution in [0.2, 0.25) is 0 Å². The van der Waals surface area contributed by atoms with Crippen molar-refractivity contribution in [3.8, 4) is 11.5 Å². The number of benzene rings is 1. The molecule has 0 aliphatic rings. The summed E-state index contributed by atoms with van der Waals surface area (Å²) >= 11 is 0. The Bertz CT molecular complexity index is 583. The van der Waals surface area contributed by atoms with Gasteiger partial charge in [0.1, 0.15) is 6.61 Å². The second-order valence-electron chi connectivity index (χ2n) is 4.06. The fourth-order valence-electron chi connectivity index (χ4n) is 1.62. The summed E-state index contributed by atoms with van der Waals surface area (Å²) in [5.41, 5.74) is 6.55. The summed E-state index contributed by atoms with van der Waals surface area (Å²) < 4.78 is 10.4. The molecule has 1 heterocycles. The predicted molar refractivity (Wildman–Crippen MR) is 73.0 cm³/mol. The van der Waals surface area contributed by atoms with Crippen LogP contribution >= 0.6 is 0 Å². The van der Waals surface area contributed by atoms with Gasteiger partial charge in [0.05, 0.1) is 17.9 Å². The van der Waals surface area contributed by atoms with E-state index in [1.165, 1.54) is 0 Å². The number of aromatic nitrogens is 2. The number of nitrogens with two attached hydrogens (primary N) is 1. The average Bonchev–Trinajstić information content (AvgIpc) is 2.86. The summed E-state index contributed by atoms with van der Waals surface area (Å²) in [7, 11) is 0. The quantitative estimate of drug-likeness (QED) is 0.762. The molecule has 106 valence electrons. The van der Waals surface area contributed by atoms with Crippen molar-refractivity contribution in [3.63, 3.8) is 0 Å². The molecular weight excluding hydrogens is 260 g/mol. The highest BCUT2D eigenvalue weighted by molar-refractivity contribution is 5.95. The molecular formula is C13H16N4O3. The van der Waals surface area contributed by atoms with E-state index in [1.54, 1.807) is 19.1 Å². The van der Waals surface area contributed by atoms with Crippen LogP contribution in [0.1, 0.15) is 5.89 Å². The highest BCUT2D eigenvalue weighted by Crippen LogP contribution is 2.26. The maximum Gasteiger partial charge on any atom is 0.250 e.